The molecule has 4 rings (SSSR count). The molecule has 0 aliphatic carbocycles. The molecule has 1 heterocycles. The van der Waals surface area contributed by atoms with Crippen LogP contribution >= 0.6 is 23.2 Å². The summed E-state index contributed by atoms with van der Waals surface area (Å²) in [6.07, 6.45) is -3.00. The van der Waals surface area contributed by atoms with E-state index >= 15 is 0 Å². The van der Waals surface area contributed by atoms with E-state index in [0.29, 0.717) is 10.0 Å². The van der Waals surface area contributed by atoms with Gasteiger partial charge in [0, 0.05) is 0 Å². The standard InChI is InChI=1S/C26H23Cl2NO6/c27-20-12-7-13-21(28)24(20)34-22-14-29(25(30)32-16-18-8-3-1-4-9-18)15-23(22)35-26(31)33-17-19-10-5-2-6-11-19/h1-13,22-23H,14-17H2. The van der Waals surface area contributed by atoms with Crippen molar-refractivity contribution >= 4 is 35.5 Å². The zero-order valence-corrected chi connectivity index (χ0v) is 20.2. The highest BCUT2D eigenvalue weighted by molar-refractivity contribution is 6.37. The number of amides is 1. The maximum absolute atomic E-state index is 12.7. The molecule has 1 aliphatic rings. The van der Waals surface area contributed by atoms with Crippen molar-refractivity contribution in [2.75, 3.05) is 13.1 Å². The first-order valence-electron chi connectivity index (χ1n) is 10.9. The van der Waals surface area contributed by atoms with Crippen molar-refractivity contribution < 1.29 is 28.5 Å². The Labute approximate surface area is 213 Å². The zero-order chi connectivity index (χ0) is 24.6. The number of ether oxygens (including phenoxy) is 4. The molecule has 0 bridgehead atoms. The van der Waals surface area contributed by atoms with Crippen LogP contribution in [0.4, 0.5) is 9.59 Å². The van der Waals surface area contributed by atoms with E-state index in [-0.39, 0.29) is 32.1 Å². The number of likely N-dealkylation sites (tertiary alicyclic amines) is 1. The van der Waals surface area contributed by atoms with Crippen molar-refractivity contribution in [1.29, 1.82) is 0 Å². The monoisotopic (exact) mass is 515 g/mol. The first-order valence-corrected chi connectivity index (χ1v) is 11.7. The van der Waals surface area contributed by atoms with Crippen molar-refractivity contribution in [2.45, 2.75) is 25.4 Å². The average molecular weight is 516 g/mol. The molecular formula is C26H23Cl2NO6. The molecule has 182 valence electrons. The van der Waals surface area contributed by atoms with Crippen LogP contribution in [0.15, 0.2) is 78.9 Å². The molecule has 0 aromatic heterocycles. The van der Waals surface area contributed by atoms with E-state index in [1.807, 2.05) is 60.7 Å². The Bertz CT molecular complexity index is 1120. The van der Waals surface area contributed by atoms with Crippen LogP contribution in [0.3, 0.4) is 0 Å². The maximum Gasteiger partial charge on any atom is 0.509 e. The Morgan fingerprint density at radius 1 is 0.743 bits per heavy atom. The third kappa shape index (κ3) is 6.81. The number of benzene rings is 3. The molecule has 35 heavy (non-hydrogen) atoms. The lowest BCUT2D eigenvalue weighted by atomic mass is 10.2. The number of hydrogen-bond acceptors (Lipinski definition) is 6. The van der Waals surface area contributed by atoms with Gasteiger partial charge >= 0.3 is 12.2 Å². The van der Waals surface area contributed by atoms with E-state index < -0.39 is 24.5 Å². The second-order valence-electron chi connectivity index (χ2n) is 7.83. The molecule has 1 aliphatic heterocycles. The molecule has 1 fully saturated rings. The summed E-state index contributed by atoms with van der Waals surface area (Å²) in [6, 6.07) is 23.5. The van der Waals surface area contributed by atoms with Gasteiger partial charge in [0.05, 0.1) is 23.1 Å². The van der Waals surface area contributed by atoms with Gasteiger partial charge in [0.15, 0.2) is 18.0 Å². The lowest BCUT2D eigenvalue weighted by Crippen LogP contribution is -2.34. The molecule has 7 nitrogen and oxygen atoms in total. The van der Waals surface area contributed by atoms with E-state index in [1.165, 1.54) is 4.90 Å². The van der Waals surface area contributed by atoms with Gasteiger partial charge in [-0.1, -0.05) is 89.9 Å². The van der Waals surface area contributed by atoms with Gasteiger partial charge < -0.3 is 23.8 Å². The summed E-state index contributed by atoms with van der Waals surface area (Å²) >= 11 is 12.5. The van der Waals surface area contributed by atoms with Gasteiger partial charge in [-0.25, -0.2) is 9.59 Å². The second kappa shape index (κ2) is 11.8. The third-order valence-electron chi connectivity index (χ3n) is 5.31. The second-order valence-corrected chi connectivity index (χ2v) is 8.65. The Morgan fingerprint density at radius 3 is 1.89 bits per heavy atom. The zero-order valence-electron chi connectivity index (χ0n) is 18.6. The maximum atomic E-state index is 12.7. The van der Waals surface area contributed by atoms with Gasteiger partial charge in [-0.3, -0.25) is 0 Å². The normalized spacial score (nSPS) is 17.0. The topological polar surface area (TPSA) is 74.3 Å². The van der Waals surface area contributed by atoms with Crippen molar-refractivity contribution in [2.24, 2.45) is 0 Å². The van der Waals surface area contributed by atoms with Crippen molar-refractivity contribution in [3.8, 4) is 5.75 Å². The van der Waals surface area contributed by atoms with E-state index in [1.54, 1.807) is 18.2 Å². The number of rotatable bonds is 7. The highest BCUT2D eigenvalue weighted by Crippen LogP contribution is 2.35. The predicted molar refractivity (Wildman–Crippen MR) is 131 cm³/mol. The van der Waals surface area contributed by atoms with E-state index in [4.69, 9.17) is 42.1 Å². The van der Waals surface area contributed by atoms with E-state index in [2.05, 4.69) is 0 Å². The SMILES string of the molecule is O=C(OCc1ccccc1)OC1CN(C(=O)OCc2ccccc2)CC1Oc1c(Cl)cccc1Cl. The average Bonchev–Trinajstić information content (AvgIpc) is 3.27. The summed E-state index contributed by atoms with van der Waals surface area (Å²) in [5, 5.41) is 0.598. The highest BCUT2D eigenvalue weighted by Gasteiger charge is 2.41. The number of hydrogen-bond donors (Lipinski definition) is 0. The Balaban J connectivity index is 1.42. The minimum absolute atomic E-state index is 0.0527. The summed E-state index contributed by atoms with van der Waals surface area (Å²) in [4.78, 5) is 26.5. The number of halogens is 2. The van der Waals surface area contributed by atoms with Crippen LogP contribution in [0, 0.1) is 0 Å². The molecule has 0 saturated carbocycles. The van der Waals surface area contributed by atoms with Gasteiger partial charge in [0.25, 0.3) is 0 Å². The van der Waals surface area contributed by atoms with Gasteiger partial charge in [0.1, 0.15) is 13.2 Å². The smallest absolute Gasteiger partial charge is 0.481 e. The van der Waals surface area contributed by atoms with Gasteiger partial charge in [0.2, 0.25) is 0 Å². The van der Waals surface area contributed by atoms with Crippen LogP contribution in [0.25, 0.3) is 0 Å². The Hall–Kier alpha value is -3.42. The van der Waals surface area contributed by atoms with Crippen molar-refractivity contribution in [1.82, 2.24) is 4.90 Å². The summed E-state index contributed by atoms with van der Waals surface area (Å²) in [5.41, 5.74) is 1.67. The number of para-hydroxylation sites is 1. The van der Waals surface area contributed by atoms with Crippen LogP contribution in [0.2, 0.25) is 10.0 Å². The number of carbonyl (C=O) groups is 2. The van der Waals surface area contributed by atoms with Gasteiger partial charge in [-0.2, -0.15) is 0 Å². The van der Waals surface area contributed by atoms with E-state index in [9.17, 15) is 9.59 Å². The fourth-order valence-electron chi connectivity index (χ4n) is 3.55. The molecule has 1 amide bonds. The number of nitrogens with zero attached hydrogens (tertiary/aromatic N) is 1. The molecule has 2 atom stereocenters. The van der Waals surface area contributed by atoms with Gasteiger partial charge in [-0.15, -0.1) is 0 Å². The Morgan fingerprint density at radius 2 is 1.29 bits per heavy atom. The van der Waals surface area contributed by atoms with Crippen LogP contribution < -0.4 is 4.74 Å². The fourth-order valence-corrected chi connectivity index (χ4v) is 4.04. The molecule has 2 unspecified atom stereocenters. The molecule has 0 N–H and O–H groups in total. The summed E-state index contributed by atoms with van der Waals surface area (Å²) in [6.45, 7) is 0.326. The predicted octanol–water partition coefficient (Wildman–Crippen LogP) is 6.12. The lowest BCUT2D eigenvalue weighted by molar-refractivity contribution is -0.00729. The minimum Gasteiger partial charge on any atom is -0.481 e. The summed E-state index contributed by atoms with van der Waals surface area (Å²) < 4.78 is 22.2. The third-order valence-corrected chi connectivity index (χ3v) is 5.91. The van der Waals surface area contributed by atoms with E-state index in [0.717, 1.165) is 11.1 Å². The van der Waals surface area contributed by atoms with Crippen LogP contribution in [-0.2, 0) is 27.4 Å². The largest absolute Gasteiger partial charge is 0.509 e. The highest BCUT2D eigenvalue weighted by atomic mass is 35.5. The molecular weight excluding hydrogens is 493 g/mol. The summed E-state index contributed by atoms with van der Waals surface area (Å²) in [7, 11) is 0. The molecule has 9 heteroatoms. The van der Waals surface area contributed by atoms with Crippen molar-refractivity contribution in [3.05, 3.63) is 100 Å². The summed E-state index contributed by atoms with van der Waals surface area (Å²) in [5.74, 6) is 0.242. The first kappa shape index (κ1) is 24.7. The lowest BCUT2D eigenvalue weighted by Gasteiger charge is -2.21. The molecule has 0 spiro atoms. The van der Waals surface area contributed by atoms with Crippen LogP contribution in [0.5, 0.6) is 5.75 Å². The molecule has 3 aromatic rings. The fraction of sp³-hybridized carbons (Fsp3) is 0.231. The molecule has 0 radical (unpaired) electrons. The molecule has 3 aromatic carbocycles. The number of carbonyl (C=O) groups excluding carboxylic acids is 2. The van der Waals surface area contributed by atoms with Crippen LogP contribution in [-0.4, -0.2) is 42.4 Å². The van der Waals surface area contributed by atoms with Gasteiger partial charge in [-0.05, 0) is 23.3 Å². The van der Waals surface area contributed by atoms with Crippen LogP contribution in [0.1, 0.15) is 11.1 Å². The van der Waals surface area contributed by atoms with Crippen molar-refractivity contribution in [3.63, 3.8) is 0 Å². The quantitative estimate of drug-likeness (QED) is 0.353. The molecule has 1 saturated heterocycles. The Kier molecular flexibility index (Phi) is 8.34. The minimum atomic E-state index is -0.878. The first-order chi connectivity index (χ1) is 17.0.